The van der Waals surface area contributed by atoms with Gasteiger partial charge in [0.25, 0.3) is 17.7 Å². The number of benzene rings is 3. The molecular weight excluding hydrogens is 553 g/mol. The Morgan fingerprint density at radius 2 is 1.55 bits per heavy atom. The SMILES string of the molecule is O=C(Nc1ccc(Br)cc1)c1cccc(NC2=C(Cl)C(=O)N(c3ccc(Cl)c(Cl)c3)C2=O)c1. The van der Waals surface area contributed by atoms with Gasteiger partial charge >= 0.3 is 0 Å². The van der Waals surface area contributed by atoms with E-state index in [9.17, 15) is 14.4 Å². The predicted molar refractivity (Wildman–Crippen MR) is 134 cm³/mol. The molecule has 0 saturated carbocycles. The summed E-state index contributed by atoms with van der Waals surface area (Å²) in [7, 11) is 0. The molecule has 0 bridgehead atoms. The number of carbonyl (C=O) groups excluding carboxylic acids is 3. The lowest BCUT2D eigenvalue weighted by atomic mass is 10.1. The average Bonchev–Trinajstić information content (AvgIpc) is 3.00. The summed E-state index contributed by atoms with van der Waals surface area (Å²) in [6.07, 6.45) is 0. The van der Waals surface area contributed by atoms with Crippen LogP contribution in [-0.4, -0.2) is 17.7 Å². The summed E-state index contributed by atoms with van der Waals surface area (Å²) < 4.78 is 0.891. The second-order valence-corrected chi connectivity index (χ2v) is 9.01. The summed E-state index contributed by atoms with van der Waals surface area (Å²) in [5, 5.41) is 5.84. The van der Waals surface area contributed by atoms with Crippen LogP contribution in [0, 0.1) is 0 Å². The first kappa shape index (κ1) is 23.3. The first-order chi connectivity index (χ1) is 15.7. The molecule has 0 radical (unpaired) electrons. The van der Waals surface area contributed by atoms with Gasteiger partial charge in [0.2, 0.25) is 0 Å². The molecule has 10 heteroatoms. The van der Waals surface area contributed by atoms with E-state index in [2.05, 4.69) is 26.6 Å². The number of halogens is 4. The van der Waals surface area contributed by atoms with E-state index in [-0.39, 0.29) is 32.4 Å². The van der Waals surface area contributed by atoms with Crippen LogP contribution in [0.3, 0.4) is 0 Å². The standard InChI is InChI=1S/C23H13BrCl3N3O3/c24-13-4-6-14(7-5-13)29-21(31)12-2-1-3-15(10-12)28-20-19(27)22(32)30(23(20)33)16-8-9-17(25)18(26)11-16/h1-11,28H,(H,29,31). The van der Waals surface area contributed by atoms with Crippen LogP contribution >= 0.6 is 50.7 Å². The highest BCUT2D eigenvalue weighted by molar-refractivity contribution is 9.10. The van der Waals surface area contributed by atoms with E-state index in [0.717, 1.165) is 9.37 Å². The third-order valence-corrected chi connectivity index (χ3v) is 6.30. The molecule has 0 saturated heterocycles. The van der Waals surface area contributed by atoms with Crippen LogP contribution in [0.25, 0.3) is 0 Å². The molecular formula is C23H13BrCl3N3O3. The predicted octanol–water partition coefficient (Wildman–Crippen LogP) is 6.44. The van der Waals surface area contributed by atoms with Crippen molar-refractivity contribution in [2.45, 2.75) is 0 Å². The molecule has 3 aromatic carbocycles. The van der Waals surface area contributed by atoms with Crippen molar-refractivity contribution in [2.24, 2.45) is 0 Å². The monoisotopic (exact) mass is 563 g/mol. The zero-order valence-corrected chi connectivity index (χ0v) is 20.4. The molecule has 1 aliphatic heterocycles. The lowest BCUT2D eigenvalue weighted by Gasteiger charge is -2.16. The van der Waals surface area contributed by atoms with Gasteiger partial charge in [0.1, 0.15) is 10.7 Å². The second kappa shape index (κ2) is 9.57. The largest absolute Gasteiger partial charge is 0.350 e. The lowest BCUT2D eigenvalue weighted by molar-refractivity contribution is -0.120. The number of nitrogens with one attached hydrogen (secondary N) is 2. The number of hydrogen-bond acceptors (Lipinski definition) is 4. The van der Waals surface area contributed by atoms with Gasteiger partial charge in [-0.2, -0.15) is 0 Å². The number of amides is 3. The Morgan fingerprint density at radius 3 is 2.24 bits per heavy atom. The lowest BCUT2D eigenvalue weighted by Crippen LogP contribution is -2.32. The minimum atomic E-state index is -0.702. The Labute approximate surface area is 212 Å². The molecule has 4 rings (SSSR count). The topological polar surface area (TPSA) is 78.5 Å². The van der Waals surface area contributed by atoms with Gasteiger partial charge in [-0.3, -0.25) is 14.4 Å². The molecule has 0 atom stereocenters. The van der Waals surface area contributed by atoms with Crippen molar-refractivity contribution in [3.63, 3.8) is 0 Å². The Hall–Kier alpha value is -2.84. The van der Waals surface area contributed by atoms with Gasteiger partial charge in [0.15, 0.2) is 0 Å². The van der Waals surface area contributed by atoms with Gasteiger partial charge < -0.3 is 10.6 Å². The summed E-state index contributed by atoms with van der Waals surface area (Å²) in [5.41, 5.74) is 1.50. The molecule has 0 aromatic heterocycles. The van der Waals surface area contributed by atoms with Crippen LogP contribution in [0.15, 0.2) is 81.9 Å². The maximum Gasteiger partial charge on any atom is 0.283 e. The Kier molecular flexibility index (Phi) is 6.76. The van der Waals surface area contributed by atoms with Crippen molar-refractivity contribution in [2.75, 3.05) is 15.5 Å². The average molecular weight is 566 g/mol. The molecule has 0 unspecified atom stereocenters. The molecule has 1 aliphatic rings. The molecule has 1 heterocycles. The van der Waals surface area contributed by atoms with E-state index in [1.165, 1.54) is 18.2 Å². The smallest absolute Gasteiger partial charge is 0.283 e. The van der Waals surface area contributed by atoms with Crippen LogP contribution in [0.5, 0.6) is 0 Å². The Morgan fingerprint density at radius 1 is 0.818 bits per heavy atom. The fourth-order valence-corrected chi connectivity index (χ4v) is 3.86. The van der Waals surface area contributed by atoms with Gasteiger partial charge in [-0.15, -0.1) is 0 Å². The molecule has 3 amide bonds. The van der Waals surface area contributed by atoms with Crippen LogP contribution in [0.1, 0.15) is 10.4 Å². The number of anilines is 3. The third kappa shape index (κ3) is 4.91. The first-order valence-electron chi connectivity index (χ1n) is 9.42. The number of hydrogen-bond donors (Lipinski definition) is 2. The maximum absolute atomic E-state index is 13.0. The summed E-state index contributed by atoms with van der Waals surface area (Å²) in [5.74, 6) is -1.70. The summed E-state index contributed by atoms with van der Waals surface area (Å²) >= 11 is 21.5. The quantitative estimate of drug-likeness (QED) is 0.349. The fourth-order valence-electron chi connectivity index (χ4n) is 3.09. The third-order valence-electron chi connectivity index (χ3n) is 4.68. The number of nitrogens with zero attached hydrogens (tertiary/aromatic N) is 1. The maximum atomic E-state index is 13.0. The van der Waals surface area contributed by atoms with Crippen molar-refractivity contribution >= 4 is 85.5 Å². The van der Waals surface area contributed by atoms with E-state index in [4.69, 9.17) is 34.8 Å². The van der Waals surface area contributed by atoms with Crippen LogP contribution in [-0.2, 0) is 9.59 Å². The highest BCUT2D eigenvalue weighted by Crippen LogP contribution is 2.33. The van der Waals surface area contributed by atoms with Crippen molar-refractivity contribution in [3.05, 3.63) is 97.5 Å². The minimum Gasteiger partial charge on any atom is -0.350 e. The van der Waals surface area contributed by atoms with E-state index in [0.29, 0.717) is 16.9 Å². The minimum absolute atomic E-state index is 0.113. The molecule has 0 aliphatic carbocycles. The van der Waals surface area contributed by atoms with E-state index in [1.807, 2.05) is 12.1 Å². The van der Waals surface area contributed by atoms with Crippen LogP contribution in [0.4, 0.5) is 17.1 Å². The summed E-state index contributed by atoms with van der Waals surface area (Å²) in [6.45, 7) is 0. The van der Waals surface area contributed by atoms with Crippen molar-refractivity contribution in [1.29, 1.82) is 0 Å². The van der Waals surface area contributed by atoms with E-state index < -0.39 is 11.8 Å². The molecule has 166 valence electrons. The normalized spacial score (nSPS) is 13.5. The molecule has 6 nitrogen and oxygen atoms in total. The van der Waals surface area contributed by atoms with Crippen molar-refractivity contribution < 1.29 is 14.4 Å². The summed E-state index contributed by atoms with van der Waals surface area (Å²) in [6, 6.07) is 18.0. The van der Waals surface area contributed by atoms with Crippen LogP contribution < -0.4 is 15.5 Å². The molecule has 3 aromatic rings. The Balaban J connectivity index is 1.54. The second-order valence-electron chi connectivity index (χ2n) is 6.90. The van der Waals surface area contributed by atoms with Gasteiger partial charge in [-0.05, 0) is 60.7 Å². The van der Waals surface area contributed by atoms with Crippen LogP contribution in [0.2, 0.25) is 10.0 Å². The molecule has 2 N–H and O–H groups in total. The van der Waals surface area contributed by atoms with Gasteiger partial charge in [0.05, 0.1) is 15.7 Å². The highest BCUT2D eigenvalue weighted by Gasteiger charge is 2.39. The van der Waals surface area contributed by atoms with Gasteiger partial charge in [0, 0.05) is 21.4 Å². The number of imide groups is 1. The van der Waals surface area contributed by atoms with E-state index in [1.54, 1.807) is 36.4 Å². The first-order valence-corrected chi connectivity index (χ1v) is 11.3. The zero-order chi connectivity index (χ0) is 23.7. The molecule has 0 fully saturated rings. The van der Waals surface area contributed by atoms with Gasteiger partial charge in [-0.25, -0.2) is 4.90 Å². The fraction of sp³-hybridized carbons (Fsp3) is 0. The van der Waals surface area contributed by atoms with E-state index >= 15 is 0 Å². The van der Waals surface area contributed by atoms with Gasteiger partial charge in [-0.1, -0.05) is 56.8 Å². The van der Waals surface area contributed by atoms with Crippen molar-refractivity contribution in [1.82, 2.24) is 0 Å². The highest BCUT2D eigenvalue weighted by atomic mass is 79.9. The Bertz CT molecular complexity index is 1330. The van der Waals surface area contributed by atoms with Crippen molar-refractivity contribution in [3.8, 4) is 0 Å². The molecule has 33 heavy (non-hydrogen) atoms. The molecule has 0 spiro atoms. The zero-order valence-electron chi connectivity index (χ0n) is 16.5. The number of rotatable bonds is 5. The summed E-state index contributed by atoms with van der Waals surface area (Å²) in [4.78, 5) is 39.1. The number of carbonyl (C=O) groups is 3.